The van der Waals surface area contributed by atoms with Crippen LogP contribution in [-0.4, -0.2) is 41.3 Å². The number of aliphatic hydroxyl groups is 1. The number of nitrogens with one attached hydrogen (secondary N) is 1. The minimum atomic E-state index is -0.296. The van der Waals surface area contributed by atoms with Crippen molar-refractivity contribution in [2.75, 3.05) is 13.1 Å². The largest absolute Gasteiger partial charge is 0.392 e. The van der Waals surface area contributed by atoms with E-state index >= 15 is 0 Å². The molecule has 21 heavy (non-hydrogen) atoms. The highest BCUT2D eigenvalue weighted by Gasteiger charge is 2.40. The van der Waals surface area contributed by atoms with Gasteiger partial charge in [0.05, 0.1) is 6.10 Å². The maximum Gasteiger partial charge on any atom is 0.317 e. The lowest BCUT2D eigenvalue weighted by Gasteiger charge is -2.45. The molecule has 1 aliphatic heterocycles. The van der Waals surface area contributed by atoms with Crippen LogP contribution in [0.25, 0.3) is 0 Å². The number of urea groups is 1. The Hall–Kier alpha value is -0.770. The Balaban J connectivity index is 1.59. The maximum absolute atomic E-state index is 12.6. The Labute approximate surface area is 128 Å². The number of hydrogen-bond acceptors (Lipinski definition) is 2. The van der Waals surface area contributed by atoms with E-state index in [0.29, 0.717) is 37.4 Å². The van der Waals surface area contributed by atoms with E-state index in [1.54, 1.807) is 0 Å². The highest BCUT2D eigenvalue weighted by Crippen LogP contribution is 2.40. The van der Waals surface area contributed by atoms with Crippen molar-refractivity contribution in [1.29, 1.82) is 0 Å². The van der Waals surface area contributed by atoms with E-state index in [1.165, 1.54) is 38.5 Å². The topological polar surface area (TPSA) is 52.6 Å². The third-order valence-corrected chi connectivity index (χ3v) is 6.07. The van der Waals surface area contributed by atoms with Gasteiger partial charge >= 0.3 is 6.03 Å². The average molecular weight is 294 g/mol. The van der Waals surface area contributed by atoms with Crippen LogP contribution in [0.3, 0.4) is 0 Å². The lowest BCUT2D eigenvalue weighted by molar-refractivity contribution is -0.0129. The first-order valence-corrected chi connectivity index (χ1v) is 8.71. The third-order valence-electron chi connectivity index (χ3n) is 6.07. The van der Waals surface area contributed by atoms with Crippen LogP contribution in [0.4, 0.5) is 4.79 Å². The molecule has 1 atom stereocenters. The molecule has 1 unspecified atom stereocenters. The Morgan fingerprint density at radius 1 is 1.14 bits per heavy atom. The van der Waals surface area contributed by atoms with Crippen LogP contribution in [-0.2, 0) is 0 Å². The van der Waals surface area contributed by atoms with Gasteiger partial charge < -0.3 is 15.3 Å². The van der Waals surface area contributed by atoms with Gasteiger partial charge in [-0.15, -0.1) is 0 Å². The van der Waals surface area contributed by atoms with Crippen molar-refractivity contribution in [2.24, 2.45) is 17.3 Å². The monoisotopic (exact) mass is 294 g/mol. The summed E-state index contributed by atoms with van der Waals surface area (Å²) in [5.41, 5.74) is -0.196. The van der Waals surface area contributed by atoms with Crippen molar-refractivity contribution in [3.8, 4) is 0 Å². The lowest BCUT2D eigenvalue weighted by atomic mass is 9.68. The van der Waals surface area contributed by atoms with Gasteiger partial charge in [0.25, 0.3) is 0 Å². The Morgan fingerprint density at radius 2 is 1.71 bits per heavy atom. The molecule has 1 saturated heterocycles. The number of hydrogen-bond donors (Lipinski definition) is 2. The number of amides is 2. The van der Waals surface area contributed by atoms with Gasteiger partial charge in [-0.05, 0) is 43.9 Å². The second kappa shape index (κ2) is 5.79. The van der Waals surface area contributed by atoms with Crippen LogP contribution in [0, 0.1) is 17.3 Å². The number of aliphatic hydroxyl groups excluding tert-OH is 1. The van der Waals surface area contributed by atoms with E-state index in [1.807, 2.05) is 18.7 Å². The van der Waals surface area contributed by atoms with Crippen molar-refractivity contribution in [2.45, 2.75) is 70.9 Å². The molecule has 120 valence electrons. The number of likely N-dealkylation sites (tertiary alicyclic amines) is 1. The molecule has 3 fully saturated rings. The number of rotatable bonds is 3. The van der Waals surface area contributed by atoms with Crippen LogP contribution in [0.15, 0.2) is 0 Å². The first kappa shape index (κ1) is 15.1. The fourth-order valence-corrected chi connectivity index (χ4v) is 3.97. The quantitative estimate of drug-likeness (QED) is 0.841. The summed E-state index contributed by atoms with van der Waals surface area (Å²) in [6.45, 7) is 5.43. The fraction of sp³-hybridized carbons (Fsp3) is 0.941. The second-order valence-corrected chi connectivity index (χ2v) is 8.07. The van der Waals surface area contributed by atoms with Crippen LogP contribution < -0.4 is 5.32 Å². The van der Waals surface area contributed by atoms with E-state index in [9.17, 15) is 9.90 Å². The molecule has 2 N–H and O–H groups in total. The van der Waals surface area contributed by atoms with E-state index in [4.69, 9.17) is 0 Å². The second-order valence-electron chi connectivity index (χ2n) is 8.07. The molecule has 2 aliphatic carbocycles. The zero-order valence-corrected chi connectivity index (χ0v) is 13.5. The maximum atomic E-state index is 12.6. The molecule has 0 radical (unpaired) electrons. The zero-order chi connectivity index (χ0) is 15.0. The molecule has 0 aromatic rings. The Morgan fingerprint density at radius 3 is 2.14 bits per heavy atom. The van der Waals surface area contributed by atoms with Crippen molar-refractivity contribution < 1.29 is 9.90 Å². The smallest absolute Gasteiger partial charge is 0.317 e. The van der Waals surface area contributed by atoms with Gasteiger partial charge in [-0.2, -0.15) is 0 Å². The summed E-state index contributed by atoms with van der Waals surface area (Å²) in [6.07, 6.45) is 8.18. The average Bonchev–Trinajstić information content (AvgIpc) is 2.28. The first-order chi connectivity index (χ1) is 9.97. The van der Waals surface area contributed by atoms with E-state index in [2.05, 4.69) is 5.32 Å². The molecule has 3 rings (SSSR count). The Kier molecular flexibility index (Phi) is 4.17. The van der Waals surface area contributed by atoms with Gasteiger partial charge in [0, 0.05) is 24.5 Å². The highest BCUT2D eigenvalue weighted by molar-refractivity contribution is 5.74. The molecular weight excluding hydrogens is 264 g/mol. The standard InChI is InChI=1S/C17H30N2O2/c1-17(2)11-19(10-9-14(17)20)16(21)18-15(12-5-3-6-12)13-7-4-8-13/h12-15,20H,3-11H2,1-2H3,(H,18,21). The summed E-state index contributed by atoms with van der Waals surface area (Å²) in [7, 11) is 0. The van der Waals surface area contributed by atoms with Gasteiger partial charge in [0.1, 0.15) is 0 Å². The highest BCUT2D eigenvalue weighted by atomic mass is 16.3. The third kappa shape index (κ3) is 3.05. The first-order valence-electron chi connectivity index (χ1n) is 8.71. The minimum Gasteiger partial charge on any atom is -0.392 e. The van der Waals surface area contributed by atoms with Crippen molar-refractivity contribution >= 4 is 6.03 Å². The molecule has 0 bridgehead atoms. The molecule has 2 amide bonds. The molecule has 1 heterocycles. The lowest BCUT2D eigenvalue weighted by Crippen LogP contribution is -2.57. The van der Waals surface area contributed by atoms with Crippen molar-refractivity contribution in [1.82, 2.24) is 10.2 Å². The van der Waals surface area contributed by atoms with Gasteiger partial charge in [0.15, 0.2) is 0 Å². The van der Waals surface area contributed by atoms with Crippen molar-refractivity contribution in [3.63, 3.8) is 0 Å². The molecule has 3 aliphatic rings. The fourth-order valence-electron chi connectivity index (χ4n) is 3.97. The molecule has 0 aromatic heterocycles. The molecule has 0 spiro atoms. The predicted molar refractivity (Wildman–Crippen MR) is 83.0 cm³/mol. The summed E-state index contributed by atoms with van der Waals surface area (Å²) in [5, 5.41) is 13.4. The SMILES string of the molecule is CC1(C)CN(C(=O)NC(C2CCC2)C2CCC2)CCC1O. The molecule has 0 aromatic carbocycles. The summed E-state index contributed by atoms with van der Waals surface area (Å²) < 4.78 is 0. The van der Waals surface area contributed by atoms with Crippen LogP contribution in [0.5, 0.6) is 0 Å². The normalized spacial score (nSPS) is 29.9. The molecule has 2 saturated carbocycles. The van der Waals surface area contributed by atoms with Crippen LogP contribution >= 0.6 is 0 Å². The summed E-state index contributed by atoms with van der Waals surface area (Å²) in [4.78, 5) is 14.5. The zero-order valence-electron chi connectivity index (χ0n) is 13.5. The van der Waals surface area contributed by atoms with Gasteiger partial charge in [0.2, 0.25) is 0 Å². The van der Waals surface area contributed by atoms with Gasteiger partial charge in [-0.25, -0.2) is 4.79 Å². The predicted octanol–water partition coefficient (Wildman–Crippen LogP) is 2.76. The molecule has 4 nitrogen and oxygen atoms in total. The number of carbonyl (C=O) groups excluding carboxylic acids is 1. The van der Waals surface area contributed by atoms with Crippen molar-refractivity contribution in [3.05, 3.63) is 0 Å². The van der Waals surface area contributed by atoms with Crippen LogP contribution in [0.2, 0.25) is 0 Å². The number of carbonyl (C=O) groups is 1. The summed E-state index contributed by atoms with van der Waals surface area (Å²) in [5.74, 6) is 1.42. The summed E-state index contributed by atoms with van der Waals surface area (Å²) >= 11 is 0. The molecular formula is C17H30N2O2. The minimum absolute atomic E-state index is 0.0961. The Bertz CT molecular complexity index is 374. The van der Waals surface area contributed by atoms with E-state index < -0.39 is 0 Å². The number of nitrogens with zero attached hydrogens (tertiary/aromatic N) is 1. The summed E-state index contributed by atoms with van der Waals surface area (Å²) in [6, 6.07) is 0.494. The molecule has 4 heteroatoms. The van der Waals surface area contributed by atoms with Gasteiger partial charge in [-0.1, -0.05) is 26.7 Å². The van der Waals surface area contributed by atoms with E-state index in [0.717, 1.165) is 0 Å². The number of piperidine rings is 1. The van der Waals surface area contributed by atoms with Gasteiger partial charge in [-0.3, -0.25) is 0 Å². The van der Waals surface area contributed by atoms with Crippen LogP contribution in [0.1, 0.15) is 58.8 Å². The van der Waals surface area contributed by atoms with E-state index in [-0.39, 0.29) is 17.6 Å².